The van der Waals surface area contributed by atoms with Gasteiger partial charge in [0.15, 0.2) is 0 Å². The third kappa shape index (κ3) is 2.66. The van der Waals surface area contributed by atoms with Crippen LogP contribution in [0.1, 0.15) is 12.5 Å². The lowest BCUT2D eigenvalue weighted by atomic mass is 9.95. The minimum Gasteiger partial charge on any atom is -0.366 e. The molecule has 2 nitrogen and oxygen atoms in total. The van der Waals surface area contributed by atoms with Crippen molar-refractivity contribution in [2.45, 2.75) is 6.92 Å². The van der Waals surface area contributed by atoms with Crippen molar-refractivity contribution in [3.8, 4) is 11.1 Å². The van der Waals surface area contributed by atoms with Crippen molar-refractivity contribution in [3.05, 3.63) is 66.2 Å². The molecule has 0 bridgehead atoms. The van der Waals surface area contributed by atoms with Gasteiger partial charge in [-0.3, -0.25) is 4.79 Å². The van der Waals surface area contributed by atoms with Crippen LogP contribution in [-0.4, -0.2) is 5.91 Å². The Bertz CT molecular complexity index is 585. The van der Waals surface area contributed by atoms with Crippen LogP contribution in [0.4, 0.5) is 0 Å². The summed E-state index contributed by atoms with van der Waals surface area (Å²) in [6.07, 6.45) is 1.46. The number of carbonyl (C=O) groups is 1. The quantitative estimate of drug-likeness (QED) is 0.818. The lowest BCUT2D eigenvalue weighted by Crippen LogP contribution is -2.06. The largest absolute Gasteiger partial charge is 0.366 e. The predicted molar refractivity (Wildman–Crippen MR) is 74.7 cm³/mol. The first-order valence-corrected chi connectivity index (χ1v) is 5.81. The van der Waals surface area contributed by atoms with Crippen LogP contribution in [0.25, 0.3) is 16.7 Å². The molecule has 2 aromatic rings. The molecule has 2 heteroatoms. The fourth-order valence-corrected chi connectivity index (χ4v) is 1.99. The number of hydrogen-bond donors (Lipinski definition) is 1. The van der Waals surface area contributed by atoms with E-state index in [0.717, 1.165) is 22.3 Å². The molecule has 0 aliphatic heterocycles. The van der Waals surface area contributed by atoms with Crippen molar-refractivity contribution in [3.63, 3.8) is 0 Å². The third-order valence-corrected chi connectivity index (χ3v) is 2.80. The molecule has 18 heavy (non-hydrogen) atoms. The Kier molecular flexibility index (Phi) is 3.58. The lowest BCUT2D eigenvalue weighted by Gasteiger charge is -2.09. The van der Waals surface area contributed by atoms with Gasteiger partial charge in [-0.2, -0.15) is 0 Å². The van der Waals surface area contributed by atoms with Gasteiger partial charge in [-0.1, -0.05) is 54.6 Å². The molecule has 2 aromatic carbocycles. The number of primary amides is 1. The van der Waals surface area contributed by atoms with Crippen LogP contribution in [0.5, 0.6) is 0 Å². The van der Waals surface area contributed by atoms with Crippen LogP contribution >= 0.6 is 0 Å². The van der Waals surface area contributed by atoms with E-state index >= 15 is 0 Å². The summed E-state index contributed by atoms with van der Waals surface area (Å²) >= 11 is 0. The highest BCUT2D eigenvalue weighted by molar-refractivity contribution is 5.95. The minimum absolute atomic E-state index is 0.421. The Morgan fingerprint density at radius 2 is 1.61 bits per heavy atom. The maximum Gasteiger partial charge on any atom is 0.241 e. The number of allylic oxidation sites excluding steroid dienone is 1. The predicted octanol–water partition coefficient (Wildman–Crippen LogP) is 3.24. The topological polar surface area (TPSA) is 43.1 Å². The van der Waals surface area contributed by atoms with Gasteiger partial charge in [-0.15, -0.1) is 0 Å². The summed E-state index contributed by atoms with van der Waals surface area (Å²) in [6.45, 7) is 1.90. The monoisotopic (exact) mass is 237 g/mol. The fourth-order valence-electron chi connectivity index (χ4n) is 1.99. The van der Waals surface area contributed by atoms with Gasteiger partial charge in [0.25, 0.3) is 0 Å². The Labute approximate surface area is 107 Å². The van der Waals surface area contributed by atoms with Gasteiger partial charge >= 0.3 is 0 Å². The van der Waals surface area contributed by atoms with E-state index in [4.69, 9.17) is 5.73 Å². The van der Waals surface area contributed by atoms with Crippen LogP contribution < -0.4 is 5.73 Å². The van der Waals surface area contributed by atoms with Crippen molar-refractivity contribution in [2.24, 2.45) is 5.73 Å². The molecule has 1 amide bonds. The molecule has 0 saturated carbocycles. The molecule has 90 valence electrons. The highest BCUT2D eigenvalue weighted by Crippen LogP contribution is 2.28. The van der Waals surface area contributed by atoms with Gasteiger partial charge in [-0.05, 0) is 29.2 Å². The Morgan fingerprint density at radius 3 is 2.28 bits per heavy atom. The molecule has 2 N–H and O–H groups in total. The van der Waals surface area contributed by atoms with Gasteiger partial charge in [-0.25, -0.2) is 0 Å². The average Bonchev–Trinajstić information content (AvgIpc) is 2.39. The second kappa shape index (κ2) is 5.32. The smallest absolute Gasteiger partial charge is 0.241 e. The summed E-state index contributed by atoms with van der Waals surface area (Å²) in [7, 11) is 0. The number of hydrogen-bond acceptors (Lipinski definition) is 1. The van der Waals surface area contributed by atoms with E-state index in [-0.39, 0.29) is 0 Å². The van der Waals surface area contributed by atoms with Crippen molar-refractivity contribution < 1.29 is 4.79 Å². The number of carbonyl (C=O) groups excluding carboxylic acids is 1. The summed E-state index contributed by atoms with van der Waals surface area (Å²) < 4.78 is 0. The standard InChI is InChI=1S/C16H15NO/c1-12(11-16(17)18)14-9-5-6-10-15(14)13-7-3-2-4-8-13/h2-11H,1H3,(H2,17,18). The molecule has 0 atom stereocenters. The van der Waals surface area contributed by atoms with E-state index in [1.807, 2.05) is 49.4 Å². The molecule has 0 aliphatic carbocycles. The Morgan fingerprint density at radius 1 is 1.00 bits per heavy atom. The number of rotatable bonds is 3. The molecule has 0 heterocycles. The summed E-state index contributed by atoms with van der Waals surface area (Å²) in [5.41, 5.74) is 9.35. The van der Waals surface area contributed by atoms with E-state index in [1.54, 1.807) is 0 Å². The molecule has 0 aliphatic rings. The normalized spacial score (nSPS) is 11.3. The molecule has 0 spiro atoms. The first-order chi connectivity index (χ1) is 8.68. The van der Waals surface area contributed by atoms with Crippen LogP contribution in [-0.2, 0) is 4.79 Å². The van der Waals surface area contributed by atoms with Crippen LogP contribution in [0.3, 0.4) is 0 Å². The minimum atomic E-state index is -0.421. The van der Waals surface area contributed by atoms with Gasteiger partial charge in [0.05, 0.1) is 0 Å². The number of benzene rings is 2. The highest BCUT2D eigenvalue weighted by atomic mass is 16.1. The second-order valence-electron chi connectivity index (χ2n) is 4.14. The first-order valence-electron chi connectivity index (χ1n) is 5.81. The number of nitrogens with two attached hydrogens (primary N) is 1. The van der Waals surface area contributed by atoms with Crippen molar-refractivity contribution in [1.29, 1.82) is 0 Å². The maximum atomic E-state index is 11.0. The van der Waals surface area contributed by atoms with E-state index in [1.165, 1.54) is 6.08 Å². The molecular weight excluding hydrogens is 222 g/mol. The first kappa shape index (κ1) is 12.1. The summed E-state index contributed by atoms with van der Waals surface area (Å²) in [4.78, 5) is 11.0. The Balaban J connectivity index is 2.54. The fraction of sp³-hybridized carbons (Fsp3) is 0.0625. The zero-order chi connectivity index (χ0) is 13.0. The maximum absolute atomic E-state index is 11.0. The average molecular weight is 237 g/mol. The van der Waals surface area contributed by atoms with E-state index in [9.17, 15) is 4.79 Å². The SMILES string of the molecule is CC(=CC(N)=O)c1ccccc1-c1ccccc1. The van der Waals surface area contributed by atoms with Crippen LogP contribution in [0.15, 0.2) is 60.7 Å². The van der Waals surface area contributed by atoms with E-state index < -0.39 is 5.91 Å². The van der Waals surface area contributed by atoms with Gasteiger partial charge in [0, 0.05) is 6.08 Å². The molecule has 0 radical (unpaired) electrons. The number of amides is 1. The second-order valence-corrected chi connectivity index (χ2v) is 4.14. The lowest BCUT2D eigenvalue weighted by molar-refractivity contribution is -0.113. The van der Waals surface area contributed by atoms with Crippen molar-refractivity contribution in [2.75, 3.05) is 0 Å². The molecule has 0 saturated heterocycles. The zero-order valence-corrected chi connectivity index (χ0v) is 10.3. The molecule has 2 rings (SSSR count). The Hall–Kier alpha value is -2.35. The summed E-state index contributed by atoms with van der Waals surface area (Å²) in [5, 5.41) is 0. The van der Waals surface area contributed by atoms with E-state index in [2.05, 4.69) is 12.1 Å². The van der Waals surface area contributed by atoms with Crippen LogP contribution in [0, 0.1) is 0 Å². The molecule has 0 fully saturated rings. The molecular formula is C16H15NO. The highest BCUT2D eigenvalue weighted by Gasteiger charge is 2.06. The van der Waals surface area contributed by atoms with Gasteiger partial charge in [0.1, 0.15) is 0 Å². The van der Waals surface area contributed by atoms with Crippen molar-refractivity contribution in [1.82, 2.24) is 0 Å². The van der Waals surface area contributed by atoms with Crippen molar-refractivity contribution >= 4 is 11.5 Å². The molecule has 0 aromatic heterocycles. The van der Waals surface area contributed by atoms with Gasteiger partial charge in [0.2, 0.25) is 5.91 Å². The molecule has 0 unspecified atom stereocenters. The zero-order valence-electron chi connectivity index (χ0n) is 10.3. The summed E-state index contributed by atoms with van der Waals surface area (Å²) in [5.74, 6) is -0.421. The summed E-state index contributed by atoms with van der Waals surface area (Å²) in [6, 6.07) is 18.1. The third-order valence-electron chi connectivity index (χ3n) is 2.80. The van der Waals surface area contributed by atoms with Gasteiger partial charge < -0.3 is 5.73 Å². The van der Waals surface area contributed by atoms with E-state index in [0.29, 0.717) is 0 Å². The van der Waals surface area contributed by atoms with Crippen LogP contribution in [0.2, 0.25) is 0 Å².